The Morgan fingerprint density at radius 1 is 0.879 bits per heavy atom. The fourth-order valence-electron chi connectivity index (χ4n) is 3.51. The Morgan fingerprint density at radius 3 is 2.24 bits per heavy atom. The van der Waals surface area contributed by atoms with Crippen molar-refractivity contribution in [3.05, 3.63) is 94.0 Å². The minimum absolute atomic E-state index is 0.0609. The number of fused-ring (bicyclic) bond motifs is 1. The summed E-state index contributed by atoms with van der Waals surface area (Å²) < 4.78 is 2.00. The van der Waals surface area contributed by atoms with Crippen LogP contribution < -0.4 is 4.90 Å². The van der Waals surface area contributed by atoms with Gasteiger partial charge in [0.15, 0.2) is 10.9 Å². The van der Waals surface area contributed by atoms with Crippen molar-refractivity contribution in [3.8, 4) is 0 Å². The molecule has 0 radical (unpaired) electrons. The zero-order valence-electron chi connectivity index (χ0n) is 18.5. The van der Waals surface area contributed by atoms with E-state index in [1.807, 2.05) is 50.5 Å². The molecule has 0 spiro atoms. The van der Waals surface area contributed by atoms with Gasteiger partial charge in [0, 0.05) is 27.7 Å². The number of aromatic nitrogens is 1. The van der Waals surface area contributed by atoms with Crippen molar-refractivity contribution in [1.82, 2.24) is 9.88 Å². The van der Waals surface area contributed by atoms with Gasteiger partial charge in [-0.15, -0.1) is 0 Å². The minimum atomic E-state index is -0.120. The van der Waals surface area contributed by atoms with Crippen molar-refractivity contribution < 1.29 is 9.59 Å². The summed E-state index contributed by atoms with van der Waals surface area (Å²) in [6.45, 7) is 1.42. The molecule has 0 N–H and O–H groups in total. The summed E-state index contributed by atoms with van der Waals surface area (Å²) in [4.78, 5) is 34.8. The van der Waals surface area contributed by atoms with Crippen molar-refractivity contribution >= 4 is 54.3 Å². The molecule has 1 aromatic heterocycles. The van der Waals surface area contributed by atoms with Crippen molar-refractivity contribution in [2.45, 2.75) is 6.42 Å². The van der Waals surface area contributed by atoms with Gasteiger partial charge >= 0.3 is 0 Å². The Kier molecular flexibility index (Phi) is 7.33. The Bertz CT molecular complexity index is 1270. The molecule has 5 nitrogen and oxygen atoms in total. The van der Waals surface area contributed by atoms with E-state index in [0.29, 0.717) is 28.4 Å². The van der Waals surface area contributed by atoms with E-state index in [4.69, 9.17) is 4.98 Å². The van der Waals surface area contributed by atoms with Crippen LogP contribution in [0.25, 0.3) is 10.2 Å². The molecular weight excluding hydrogens is 498 g/mol. The SMILES string of the molecule is CN(C)CCCN(C(=O)c1ccc(C(=O)c2ccccc2)cc1)c1nc2ccc(Br)cc2s1. The molecule has 0 aliphatic rings. The second kappa shape index (κ2) is 10.4. The second-order valence-electron chi connectivity index (χ2n) is 7.99. The van der Waals surface area contributed by atoms with Crippen LogP contribution in [0.2, 0.25) is 0 Å². The van der Waals surface area contributed by atoms with Gasteiger partial charge in [-0.25, -0.2) is 4.98 Å². The molecule has 0 unspecified atom stereocenters. The van der Waals surface area contributed by atoms with Gasteiger partial charge in [-0.2, -0.15) is 0 Å². The van der Waals surface area contributed by atoms with E-state index >= 15 is 0 Å². The number of carbonyl (C=O) groups excluding carboxylic acids is 2. The number of hydrogen-bond acceptors (Lipinski definition) is 5. The van der Waals surface area contributed by atoms with Crippen LogP contribution in [0.1, 0.15) is 32.7 Å². The maximum Gasteiger partial charge on any atom is 0.260 e. The van der Waals surface area contributed by atoms with Crippen molar-refractivity contribution in [2.24, 2.45) is 0 Å². The lowest BCUT2D eigenvalue weighted by molar-refractivity contribution is 0.0983. The quantitative estimate of drug-likeness (QED) is 0.271. The predicted octanol–water partition coefficient (Wildman–Crippen LogP) is 5.89. The summed E-state index contributed by atoms with van der Waals surface area (Å²) in [5.41, 5.74) is 2.58. The van der Waals surface area contributed by atoms with Crippen molar-refractivity contribution in [3.63, 3.8) is 0 Å². The monoisotopic (exact) mass is 521 g/mol. The molecule has 0 fully saturated rings. The van der Waals surface area contributed by atoms with Gasteiger partial charge in [0.1, 0.15) is 0 Å². The lowest BCUT2D eigenvalue weighted by Crippen LogP contribution is -2.33. The number of ketones is 1. The first-order chi connectivity index (χ1) is 15.9. The first-order valence-corrected chi connectivity index (χ1v) is 12.3. The van der Waals surface area contributed by atoms with Crippen LogP contribution in [0.5, 0.6) is 0 Å². The molecule has 0 saturated carbocycles. The van der Waals surface area contributed by atoms with Crippen LogP contribution in [-0.2, 0) is 0 Å². The molecule has 3 aromatic carbocycles. The van der Waals surface area contributed by atoms with Gasteiger partial charge < -0.3 is 4.90 Å². The number of nitrogens with zero attached hydrogens (tertiary/aromatic N) is 3. The molecule has 33 heavy (non-hydrogen) atoms. The first kappa shape index (κ1) is 23.3. The highest BCUT2D eigenvalue weighted by Gasteiger charge is 2.22. The van der Waals surface area contributed by atoms with E-state index in [1.54, 1.807) is 41.3 Å². The number of anilines is 1. The highest BCUT2D eigenvalue weighted by Crippen LogP contribution is 2.32. The average Bonchev–Trinajstić information content (AvgIpc) is 3.24. The molecule has 0 atom stereocenters. The number of benzene rings is 3. The lowest BCUT2D eigenvalue weighted by atomic mass is 10.0. The third-order valence-electron chi connectivity index (χ3n) is 5.23. The average molecular weight is 522 g/mol. The number of carbonyl (C=O) groups is 2. The molecule has 168 valence electrons. The topological polar surface area (TPSA) is 53.5 Å². The molecular formula is C26H24BrN3O2S. The summed E-state index contributed by atoms with van der Waals surface area (Å²) in [7, 11) is 4.04. The van der Waals surface area contributed by atoms with Crippen LogP contribution in [-0.4, -0.2) is 48.8 Å². The maximum atomic E-state index is 13.5. The van der Waals surface area contributed by atoms with Gasteiger partial charge in [0.25, 0.3) is 5.91 Å². The molecule has 1 heterocycles. The Labute approximate surface area is 205 Å². The first-order valence-electron chi connectivity index (χ1n) is 10.6. The van der Waals surface area contributed by atoms with Crippen LogP contribution in [0.3, 0.4) is 0 Å². The maximum absolute atomic E-state index is 13.5. The van der Waals surface area contributed by atoms with Gasteiger partial charge in [-0.1, -0.05) is 69.7 Å². The highest BCUT2D eigenvalue weighted by atomic mass is 79.9. The Balaban J connectivity index is 1.60. The predicted molar refractivity (Wildman–Crippen MR) is 138 cm³/mol. The van der Waals surface area contributed by atoms with Gasteiger partial charge in [-0.3, -0.25) is 14.5 Å². The summed E-state index contributed by atoms with van der Waals surface area (Å²) in [6, 6.07) is 21.9. The van der Waals surface area contributed by atoms with E-state index in [-0.39, 0.29) is 11.7 Å². The number of hydrogen-bond donors (Lipinski definition) is 0. The fourth-order valence-corrected chi connectivity index (χ4v) is 5.05. The molecule has 0 aliphatic carbocycles. The van der Waals surface area contributed by atoms with Gasteiger partial charge in [0.2, 0.25) is 0 Å². The molecule has 4 rings (SSSR count). The Morgan fingerprint density at radius 2 is 1.55 bits per heavy atom. The van der Waals surface area contributed by atoms with E-state index in [0.717, 1.165) is 27.7 Å². The van der Waals surface area contributed by atoms with E-state index in [1.165, 1.54) is 11.3 Å². The lowest BCUT2D eigenvalue weighted by Gasteiger charge is -2.21. The molecule has 0 saturated heterocycles. The fraction of sp³-hybridized carbons (Fsp3) is 0.192. The van der Waals surface area contributed by atoms with Crippen LogP contribution in [0.15, 0.2) is 77.3 Å². The van der Waals surface area contributed by atoms with E-state index in [2.05, 4.69) is 20.8 Å². The van der Waals surface area contributed by atoms with Crippen molar-refractivity contribution in [1.29, 1.82) is 0 Å². The highest BCUT2D eigenvalue weighted by molar-refractivity contribution is 9.10. The summed E-state index contributed by atoms with van der Waals surface area (Å²) in [6.07, 6.45) is 0.822. The number of thiazole rings is 1. The molecule has 0 bridgehead atoms. The number of amides is 1. The van der Waals surface area contributed by atoms with Crippen molar-refractivity contribution in [2.75, 3.05) is 32.1 Å². The van der Waals surface area contributed by atoms with Gasteiger partial charge in [-0.05, 0) is 57.4 Å². The smallest absolute Gasteiger partial charge is 0.260 e. The van der Waals surface area contributed by atoms with Crippen LogP contribution in [0, 0.1) is 0 Å². The number of rotatable bonds is 8. The summed E-state index contributed by atoms with van der Waals surface area (Å²) in [5, 5.41) is 0.677. The third kappa shape index (κ3) is 5.55. The molecule has 7 heteroatoms. The van der Waals surface area contributed by atoms with E-state index < -0.39 is 0 Å². The molecule has 1 amide bonds. The minimum Gasteiger partial charge on any atom is -0.309 e. The van der Waals surface area contributed by atoms with Gasteiger partial charge in [0.05, 0.1) is 10.2 Å². The molecule has 0 aliphatic heterocycles. The third-order valence-corrected chi connectivity index (χ3v) is 6.77. The standard InChI is InChI=1S/C26H24BrN3O2S/c1-29(2)15-6-16-30(26-28-22-14-13-21(27)17-23(22)33-26)25(32)20-11-9-19(10-12-20)24(31)18-7-4-3-5-8-18/h3-5,7-14,17H,6,15-16H2,1-2H3. The summed E-state index contributed by atoms with van der Waals surface area (Å²) in [5.74, 6) is -0.181. The Hall–Kier alpha value is -2.87. The molecule has 4 aromatic rings. The van der Waals surface area contributed by atoms with Crippen LogP contribution >= 0.6 is 27.3 Å². The van der Waals surface area contributed by atoms with E-state index in [9.17, 15) is 9.59 Å². The zero-order valence-corrected chi connectivity index (χ0v) is 20.9. The largest absolute Gasteiger partial charge is 0.309 e. The second-order valence-corrected chi connectivity index (χ2v) is 9.92. The van der Waals surface area contributed by atoms with Crippen LogP contribution in [0.4, 0.5) is 5.13 Å². The number of halogens is 1. The normalized spacial score (nSPS) is 11.2. The zero-order chi connectivity index (χ0) is 23.4. The summed E-state index contributed by atoms with van der Waals surface area (Å²) >= 11 is 5.01.